The molecule has 5 rings (SSSR count). The van der Waals surface area contributed by atoms with Gasteiger partial charge in [-0.15, -0.1) is 0 Å². The molecule has 0 aliphatic carbocycles. The highest BCUT2D eigenvalue weighted by Crippen LogP contribution is 2.27. The molecule has 11 heteroatoms. The number of hydrogen-bond acceptors (Lipinski definition) is 7. The van der Waals surface area contributed by atoms with E-state index in [1.165, 1.54) is 0 Å². The van der Waals surface area contributed by atoms with Crippen molar-refractivity contribution in [3.63, 3.8) is 0 Å². The highest BCUT2D eigenvalue weighted by atomic mass is 32.2. The Morgan fingerprint density at radius 1 is 1.08 bits per heavy atom. The second kappa shape index (κ2) is 10.4. The molecular weight excluding hydrogens is 492 g/mol. The van der Waals surface area contributed by atoms with E-state index in [1.807, 2.05) is 47.4 Å². The van der Waals surface area contributed by atoms with Crippen LogP contribution in [-0.2, 0) is 21.2 Å². The van der Waals surface area contributed by atoms with Crippen LogP contribution in [0.15, 0.2) is 48.5 Å². The average Bonchev–Trinajstić information content (AvgIpc) is 3.56. The molecule has 1 atom stereocenters. The summed E-state index contributed by atoms with van der Waals surface area (Å²) in [5, 5.41) is 10.3. The van der Waals surface area contributed by atoms with Crippen LogP contribution in [-0.4, -0.2) is 82.9 Å². The van der Waals surface area contributed by atoms with Gasteiger partial charge in [0.25, 0.3) is 5.91 Å². The lowest BCUT2D eigenvalue weighted by atomic mass is 10.1. The topological polar surface area (TPSA) is 128 Å². The summed E-state index contributed by atoms with van der Waals surface area (Å²) in [6.07, 6.45) is 0.861. The smallest absolute Gasteiger partial charge is 0.255 e. The van der Waals surface area contributed by atoms with Crippen molar-refractivity contribution in [3.05, 3.63) is 65.5 Å². The molecule has 10 nitrogen and oxygen atoms in total. The monoisotopic (exact) mass is 522 g/mol. The number of hydrogen-bond donors (Lipinski definition) is 2. The van der Waals surface area contributed by atoms with Gasteiger partial charge in [0.15, 0.2) is 15.7 Å². The van der Waals surface area contributed by atoms with Gasteiger partial charge in [0.05, 0.1) is 11.5 Å². The summed E-state index contributed by atoms with van der Waals surface area (Å²) < 4.78 is 23.3. The third kappa shape index (κ3) is 6.05. The lowest BCUT2D eigenvalue weighted by Crippen LogP contribution is -2.39. The van der Waals surface area contributed by atoms with Gasteiger partial charge in [-0.3, -0.25) is 19.6 Å². The Morgan fingerprint density at radius 3 is 2.54 bits per heavy atom. The fourth-order valence-electron chi connectivity index (χ4n) is 4.74. The van der Waals surface area contributed by atoms with Crippen LogP contribution in [0.5, 0.6) is 0 Å². The lowest BCUT2D eigenvalue weighted by Gasteiger charge is -2.26. The van der Waals surface area contributed by atoms with Crippen LogP contribution in [0, 0.1) is 0 Å². The Labute approximate surface area is 216 Å². The number of sulfone groups is 1. The summed E-state index contributed by atoms with van der Waals surface area (Å²) in [6.45, 7) is 4.59. The zero-order valence-electron chi connectivity index (χ0n) is 20.7. The Hall–Kier alpha value is -3.57. The number of carbonyl (C=O) groups excluding carboxylic acids is 2. The van der Waals surface area contributed by atoms with Crippen LogP contribution >= 0.6 is 0 Å². The van der Waals surface area contributed by atoms with Gasteiger partial charge in [0.2, 0.25) is 5.91 Å². The average molecular weight is 523 g/mol. The SMILES string of the molecule is CC(=O)N1CCC(c2nc(-c3ccc(NC(=O)c4cccc(CN5CCS(=O)(=O)CC5)c4)cc3)n[nH]2)C1. The molecule has 2 N–H and O–H groups in total. The van der Waals surface area contributed by atoms with E-state index in [2.05, 4.69) is 25.4 Å². The van der Waals surface area contributed by atoms with Crippen LogP contribution in [0.1, 0.15) is 41.0 Å². The molecule has 2 amide bonds. The summed E-state index contributed by atoms with van der Waals surface area (Å²) in [5.74, 6) is 1.73. The van der Waals surface area contributed by atoms with Crippen molar-refractivity contribution in [2.75, 3.05) is 43.0 Å². The van der Waals surface area contributed by atoms with E-state index in [9.17, 15) is 18.0 Å². The van der Waals surface area contributed by atoms with E-state index in [0.717, 1.165) is 29.9 Å². The predicted molar refractivity (Wildman–Crippen MR) is 140 cm³/mol. The molecule has 2 aromatic carbocycles. The van der Waals surface area contributed by atoms with Crippen molar-refractivity contribution >= 4 is 27.3 Å². The molecule has 2 aliphatic rings. The first-order valence-electron chi connectivity index (χ1n) is 12.4. The highest BCUT2D eigenvalue weighted by molar-refractivity contribution is 7.91. The van der Waals surface area contributed by atoms with Crippen molar-refractivity contribution in [2.45, 2.75) is 25.8 Å². The minimum Gasteiger partial charge on any atom is -0.342 e. The molecule has 0 saturated carbocycles. The van der Waals surface area contributed by atoms with Gasteiger partial charge in [-0.25, -0.2) is 13.4 Å². The van der Waals surface area contributed by atoms with Crippen molar-refractivity contribution < 1.29 is 18.0 Å². The van der Waals surface area contributed by atoms with E-state index >= 15 is 0 Å². The van der Waals surface area contributed by atoms with Gasteiger partial charge in [-0.2, -0.15) is 5.10 Å². The fraction of sp³-hybridized carbons (Fsp3) is 0.385. The Balaban J connectivity index is 1.19. The first-order chi connectivity index (χ1) is 17.8. The Bertz CT molecular complexity index is 1390. The summed E-state index contributed by atoms with van der Waals surface area (Å²) in [6, 6.07) is 14.7. The molecule has 194 valence electrons. The van der Waals surface area contributed by atoms with Gasteiger partial charge < -0.3 is 10.2 Å². The maximum absolute atomic E-state index is 12.9. The number of anilines is 1. The number of aromatic nitrogens is 3. The number of nitrogens with one attached hydrogen (secondary N) is 2. The van der Waals surface area contributed by atoms with Crippen LogP contribution in [0.3, 0.4) is 0 Å². The second-order valence-corrected chi connectivity index (χ2v) is 12.0. The number of rotatable bonds is 6. The highest BCUT2D eigenvalue weighted by Gasteiger charge is 2.28. The standard InChI is InChI=1S/C26H30N6O4S/c1-18(33)32-10-9-22(17-32)25-28-24(29-30-25)20-5-7-23(8-6-20)27-26(34)21-4-2-3-19(15-21)16-31-11-13-37(35,36)14-12-31/h2-8,15,22H,9-14,16-17H2,1H3,(H,27,34)(H,28,29,30). The van der Waals surface area contributed by atoms with Gasteiger partial charge >= 0.3 is 0 Å². The van der Waals surface area contributed by atoms with Crippen LogP contribution in [0.2, 0.25) is 0 Å². The summed E-state index contributed by atoms with van der Waals surface area (Å²) in [4.78, 5) is 33.0. The van der Waals surface area contributed by atoms with Gasteiger partial charge in [0, 0.05) is 62.4 Å². The molecule has 3 heterocycles. The molecule has 0 spiro atoms. The van der Waals surface area contributed by atoms with Crippen molar-refractivity contribution in [3.8, 4) is 11.4 Å². The third-order valence-corrected chi connectivity index (χ3v) is 8.57. The maximum Gasteiger partial charge on any atom is 0.255 e. The van der Waals surface area contributed by atoms with Crippen LogP contribution in [0.25, 0.3) is 11.4 Å². The molecule has 2 fully saturated rings. The minimum absolute atomic E-state index is 0.0752. The molecule has 1 aromatic heterocycles. The number of benzene rings is 2. The fourth-order valence-corrected chi connectivity index (χ4v) is 6.02. The van der Waals surface area contributed by atoms with Crippen molar-refractivity contribution in [1.29, 1.82) is 0 Å². The summed E-state index contributed by atoms with van der Waals surface area (Å²) in [5.41, 5.74) is 2.99. The van der Waals surface area contributed by atoms with Crippen molar-refractivity contribution in [1.82, 2.24) is 25.0 Å². The van der Waals surface area contributed by atoms with Gasteiger partial charge in [-0.1, -0.05) is 12.1 Å². The number of nitrogens with zero attached hydrogens (tertiary/aromatic N) is 4. The second-order valence-electron chi connectivity index (χ2n) is 9.65. The predicted octanol–water partition coefficient (Wildman–Crippen LogP) is 2.29. The number of H-pyrrole nitrogens is 1. The molecule has 0 radical (unpaired) electrons. The first kappa shape index (κ1) is 25.1. The Morgan fingerprint density at radius 2 is 1.84 bits per heavy atom. The number of amides is 2. The van der Waals surface area contributed by atoms with Gasteiger partial charge in [-0.05, 0) is 48.4 Å². The summed E-state index contributed by atoms with van der Waals surface area (Å²) >= 11 is 0. The van der Waals surface area contributed by atoms with E-state index in [4.69, 9.17) is 0 Å². The first-order valence-corrected chi connectivity index (χ1v) is 14.2. The van der Waals surface area contributed by atoms with E-state index in [0.29, 0.717) is 43.3 Å². The quantitative estimate of drug-likeness (QED) is 0.508. The Kier molecular flexibility index (Phi) is 7.07. The van der Waals surface area contributed by atoms with E-state index in [-0.39, 0.29) is 29.2 Å². The molecule has 1 unspecified atom stereocenters. The van der Waals surface area contributed by atoms with Crippen LogP contribution < -0.4 is 5.32 Å². The number of aromatic amines is 1. The summed E-state index contributed by atoms with van der Waals surface area (Å²) in [7, 11) is -2.92. The molecule has 3 aromatic rings. The minimum atomic E-state index is -2.92. The van der Waals surface area contributed by atoms with Gasteiger partial charge in [0.1, 0.15) is 5.82 Å². The molecular formula is C26H30N6O4S. The normalized spacial score (nSPS) is 19.6. The molecule has 2 aliphatic heterocycles. The van der Waals surface area contributed by atoms with E-state index < -0.39 is 9.84 Å². The third-order valence-electron chi connectivity index (χ3n) is 6.96. The van der Waals surface area contributed by atoms with Crippen molar-refractivity contribution in [2.24, 2.45) is 0 Å². The molecule has 0 bridgehead atoms. The molecule has 37 heavy (non-hydrogen) atoms. The van der Waals surface area contributed by atoms with Crippen LogP contribution in [0.4, 0.5) is 5.69 Å². The zero-order chi connectivity index (χ0) is 26.0. The number of carbonyl (C=O) groups is 2. The zero-order valence-corrected chi connectivity index (χ0v) is 21.5. The van der Waals surface area contributed by atoms with E-state index in [1.54, 1.807) is 13.0 Å². The number of likely N-dealkylation sites (tertiary alicyclic amines) is 1. The maximum atomic E-state index is 12.9. The lowest BCUT2D eigenvalue weighted by molar-refractivity contribution is -0.127. The largest absolute Gasteiger partial charge is 0.342 e. The molecule has 2 saturated heterocycles.